The lowest BCUT2D eigenvalue weighted by Crippen LogP contribution is -2.51. The van der Waals surface area contributed by atoms with Gasteiger partial charge in [0, 0.05) is 39.1 Å². The Morgan fingerprint density at radius 1 is 1.24 bits per heavy atom. The lowest BCUT2D eigenvalue weighted by atomic mass is 10.1. The van der Waals surface area contributed by atoms with Crippen molar-refractivity contribution < 1.29 is 9.59 Å². The molecule has 1 fully saturated rings. The third-order valence-electron chi connectivity index (χ3n) is 3.36. The van der Waals surface area contributed by atoms with Gasteiger partial charge in [0.25, 0.3) is 0 Å². The maximum atomic E-state index is 11.9. The van der Waals surface area contributed by atoms with Gasteiger partial charge in [0.1, 0.15) is 0 Å². The SMILES string of the molecule is CCC(C)C(=O)N1CCN(CC(=O)NC)CC1. The van der Waals surface area contributed by atoms with Gasteiger partial charge in [-0.05, 0) is 6.42 Å². The molecule has 0 aromatic heterocycles. The molecule has 98 valence electrons. The summed E-state index contributed by atoms with van der Waals surface area (Å²) in [6.07, 6.45) is 0.886. The summed E-state index contributed by atoms with van der Waals surface area (Å²) < 4.78 is 0. The van der Waals surface area contributed by atoms with Gasteiger partial charge < -0.3 is 10.2 Å². The Hall–Kier alpha value is -1.10. The molecule has 0 aromatic carbocycles. The van der Waals surface area contributed by atoms with E-state index in [-0.39, 0.29) is 17.7 Å². The molecule has 5 heteroatoms. The van der Waals surface area contributed by atoms with Crippen LogP contribution >= 0.6 is 0 Å². The van der Waals surface area contributed by atoms with Crippen LogP contribution in [0.15, 0.2) is 0 Å². The van der Waals surface area contributed by atoms with E-state index in [0.29, 0.717) is 6.54 Å². The van der Waals surface area contributed by atoms with Crippen LogP contribution in [0.2, 0.25) is 0 Å². The van der Waals surface area contributed by atoms with Gasteiger partial charge in [0.05, 0.1) is 6.54 Å². The monoisotopic (exact) mass is 241 g/mol. The number of rotatable bonds is 4. The molecule has 1 rings (SSSR count). The molecule has 1 aliphatic rings. The summed E-state index contributed by atoms with van der Waals surface area (Å²) in [5.41, 5.74) is 0. The fourth-order valence-electron chi connectivity index (χ4n) is 1.89. The number of nitrogens with zero attached hydrogens (tertiary/aromatic N) is 2. The lowest BCUT2D eigenvalue weighted by Gasteiger charge is -2.35. The average molecular weight is 241 g/mol. The number of hydrogen-bond acceptors (Lipinski definition) is 3. The van der Waals surface area contributed by atoms with Gasteiger partial charge in [-0.15, -0.1) is 0 Å². The minimum absolute atomic E-state index is 0.0340. The van der Waals surface area contributed by atoms with E-state index in [9.17, 15) is 9.59 Å². The van der Waals surface area contributed by atoms with Crippen LogP contribution in [0.25, 0.3) is 0 Å². The summed E-state index contributed by atoms with van der Waals surface area (Å²) in [6, 6.07) is 0. The van der Waals surface area contributed by atoms with Crippen molar-refractivity contribution in [1.82, 2.24) is 15.1 Å². The zero-order valence-corrected chi connectivity index (χ0v) is 11.0. The van der Waals surface area contributed by atoms with Gasteiger partial charge in [-0.2, -0.15) is 0 Å². The van der Waals surface area contributed by atoms with E-state index in [1.807, 2.05) is 18.7 Å². The largest absolute Gasteiger partial charge is 0.358 e. The van der Waals surface area contributed by atoms with Crippen molar-refractivity contribution in [2.24, 2.45) is 5.92 Å². The molecule has 0 bridgehead atoms. The van der Waals surface area contributed by atoms with Crippen LogP contribution in [0, 0.1) is 5.92 Å². The zero-order valence-electron chi connectivity index (χ0n) is 11.0. The van der Waals surface area contributed by atoms with Gasteiger partial charge in [-0.1, -0.05) is 13.8 Å². The Labute approximate surface area is 103 Å². The Morgan fingerprint density at radius 3 is 2.29 bits per heavy atom. The maximum absolute atomic E-state index is 11.9. The van der Waals surface area contributed by atoms with E-state index in [1.54, 1.807) is 7.05 Å². The quantitative estimate of drug-likeness (QED) is 0.749. The molecule has 2 amide bonds. The van der Waals surface area contributed by atoms with Crippen molar-refractivity contribution in [3.8, 4) is 0 Å². The van der Waals surface area contributed by atoms with Crippen molar-refractivity contribution >= 4 is 11.8 Å². The van der Waals surface area contributed by atoms with Crippen LogP contribution in [0.1, 0.15) is 20.3 Å². The highest BCUT2D eigenvalue weighted by Crippen LogP contribution is 2.09. The van der Waals surface area contributed by atoms with Crippen LogP contribution in [0.5, 0.6) is 0 Å². The molecule has 0 saturated carbocycles. The van der Waals surface area contributed by atoms with Gasteiger partial charge in [0.2, 0.25) is 11.8 Å². The lowest BCUT2D eigenvalue weighted by molar-refractivity contribution is -0.137. The fraction of sp³-hybridized carbons (Fsp3) is 0.833. The van der Waals surface area contributed by atoms with E-state index in [2.05, 4.69) is 10.2 Å². The standard InChI is InChI=1S/C12H23N3O2/c1-4-10(2)12(17)15-7-5-14(6-8-15)9-11(16)13-3/h10H,4-9H2,1-3H3,(H,13,16). The van der Waals surface area contributed by atoms with Gasteiger partial charge in [-0.25, -0.2) is 0 Å². The van der Waals surface area contributed by atoms with Crippen LogP contribution in [0.3, 0.4) is 0 Å². The Bertz CT molecular complexity index is 273. The number of carbonyl (C=O) groups excluding carboxylic acids is 2. The molecular weight excluding hydrogens is 218 g/mol. The number of piperazine rings is 1. The second-order valence-electron chi connectivity index (χ2n) is 4.58. The van der Waals surface area contributed by atoms with Gasteiger partial charge >= 0.3 is 0 Å². The first-order valence-electron chi connectivity index (χ1n) is 6.30. The molecule has 0 spiro atoms. The third kappa shape index (κ3) is 4.00. The summed E-state index contributed by atoms with van der Waals surface area (Å²) in [5.74, 6) is 0.388. The Kier molecular flexibility index (Phi) is 5.41. The first-order chi connectivity index (χ1) is 8.08. The normalized spacial score (nSPS) is 18.9. The first-order valence-corrected chi connectivity index (χ1v) is 6.30. The smallest absolute Gasteiger partial charge is 0.233 e. The third-order valence-corrected chi connectivity index (χ3v) is 3.36. The number of nitrogens with one attached hydrogen (secondary N) is 1. The molecule has 5 nitrogen and oxygen atoms in total. The second kappa shape index (κ2) is 6.59. The van der Waals surface area contributed by atoms with Crippen LogP contribution in [-0.4, -0.2) is 61.4 Å². The molecular formula is C12H23N3O2. The summed E-state index contributed by atoms with van der Waals surface area (Å²) in [5, 5.41) is 2.61. The molecule has 1 N–H and O–H groups in total. The summed E-state index contributed by atoms with van der Waals surface area (Å²) in [7, 11) is 1.64. The van der Waals surface area contributed by atoms with E-state index < -0.39 is 0 Å². The molecule has 1 unspecified atom stereocenters. The van der Waals surface area contributed by atoms with E-state index in [4.69, 9.17) is 0 Å². The van der Waals surface area contributed by atoms with Gasteiger partial charge in [0.15, 0.2) is 0 Å². The van der Waals surface area contributed by atoms with Crippen molar-refractivity contribution in [1.29, 1.82) is 0 Å². The molecule has 1 saturated heterocycles. The number of likely N-dealkylation sites (N-methyl/N-ethyl adjacent to an activating group) is 1. The highest BCUT2D eigenvalue weighted by atomic mass is 16.2. The van der Waals surface area contributed by atoms with Crippen molar-refractivity contribution in [2.45, 2.75) is 20.3 Å². The van der Waals surface area contributed by atoms with E-state index >= 15 is 0 Å². The molecule has 0 radical (unpaired) electrons. The van der Waals surface area contributed by atoms with Crippen LogP contribution in [0.4, 0.5) is 0 Å². The molecule has 0 aromatic rings. The van der Waals surface area contributed by atoms with E-state index in [1.165, 1.54) is 0 Å². The molecule has 0 aliphatic carbocycles. The maximum Gasteiger partial charge on any atom is 0.233 e. The van der Waals surface area contributed by atoms with Crippen LogP contribution in [-0.2, 0) is 9.59 Å². The van der Waals surface area contributed by atoms with Crippen molar-refractivity contribution in [3.05, 3.63) is 0 Å². The van der Waals surface area contributed by atoms with Crippen LogP contribution < -0.4 is 5.32 Å². The molecule has 1 atom stereocenters. The number of amides is 2. The average Bonchev–Trinajstić information content (AvgIpc) is 2.37. The fourth-order valence-corrected chi connectivity index (χ4v) is 1.89. The summed E-state index contributed by atoms with van der Waals surface area (Å²) >= 11 is 0. The highest BCUT2D eigenvalue weighted by Gasteiger charge is 2.24. The summed E-state index contributed by atoms with van der Waals surface area (Å²) in [6.45, 7) is 7.48. The Morgan fingerprint density at radius 2 is 1.82 bits per heavy atom. The summed E-state index contributed by atoms with van der Waals surface area (Å²) in [4.78, 5) is 27.2. The number of carbonyl (C=O) groups is 2. The zero-order chi connectivity index (χ0) is 12.8. The number of hydrogen-bond donors (Lipinski definition) is 1. The Balaban J connectivity index is 2.35. The van der Waals surface area contributed by atoms with Crippen molar-refractivity contribution in [2.75, 3.05) is 39.8 Å². The highest BCUT2D eigenvalue weighted by molar-refractivity contribution is 5.79. The molecule has 1 aliphatic heterocycles. The van der Waals surface area contributed by atoms with Gasteiger partial charge in [-0.3, -0.25) is 14.5 Å². The molecule has 1 heterocycles. The minimum atomic E-state index is 0.0340. The topological polar surface area (TPSA) is 52.7 Å². The van der Waals surface area contributed by atoms with Crippen molar-refractivity contribution in [3.63, 3.8) is 0 Å². The van der Waals surface area contributed by atoms with E-state index in [0.717, 1.165) is 32.6 Å². The predicted molar refractivity (Wildman–Crippen MR) is 66.5 cm³/mol. The first kappa shape index (κ1) is 14.0. The molecule has 17 heavy (non-hydrogen) atoms. The predicted octanol–water partition coefficient (Wildman–Crippen LogP) is -0.0773. The minimum Gasteiger partial charge on any atom is -0.358 e. The second-order valence-corrected chi connectivity index (χ2v) is 4.58.